The number of amides is 1. The molecule has 112 valence electrons. The van der Waals surface area contributed by atoms with Crippen molar-refractivity contribution < 1.29 is 9.53 Å². The molecule has 0 aliphatic rings. The van der Waals surface area contributed by atoms with E-state index in [4.69, 9.17) is 10.5 Å². The van der Waals surface area contributed by atoms with Crippen LogP contribution in [0.15, 0.2) is 42.7 Å². The first-order valence-electron chi connectivity index (χ1n) is 6.77. The first kappa shape index (κ1) is 13.9. The van der Waals surface area contributed by atoms with Gasteiger partial charge >= 0.3 is 0 Å². The summed E-state index contributed by atoms with van der Waals surface area (Å²) in [7, 11) is 1.59. The van der Waals surface area contributed by atoms with Crippen LogP contribution in [0.2, 0.25) is 0 Å². The van der Waals surface area contributed by atoms with Crippen molar-refractivity contribution in [1.82, 2.24) is 9.38 Å². The molecule has 0 spiro atoms. The second kappa shape index (κ2) is 5.40. The monoisotopic (exact) mass is 296 g/mol. The van der Waals surface area contributed by atoms with Crippen molar-refractivity contribution in [2.45, 2.75) is 6.92 Å². The number of hydrogen-bond acceptors (Lipinski definition) is 4. The molecule has 0 aliphatic heterocycles. The molecule has 0 radical (unpaired) electrons. The van der Waals surface area contributed by atoms with Crippen molar-refractivity contribution in [3.8, 4) is 5.75 Å². The van der Waals surface area contributed by atoms with Crippen LogP contribution in [0.1, 0.15) is 16.1 Å². The number of fused-ring (bicyclic) bond motifs is 1. The number of carbonyl (C=O) groups is 1. The Morgan fingerprint density at radius 3 is 2.86 bits per heavy atom. The summed E-state index contributed by atoms with van der Waals surface area (Å²) >= 11 is 0. The molecule has 3 N–H and O–H groups in total. The van der Waals surface area contributed by atoms with Gasteiger partial charge in [-0.3, -0.25) is 9.20 Å². The number of rotatable bonds is 3. The molecule has 2 aromatic heterocycles. The van der Waals surface area contributed by atoms with Gasteiger partial charge in [-0.25, -0.2) is 4.98 Å². The molecule has 0 bridgehead atoms. The van der Waals surface area contributed by atoms with Crippen molar-refractivity contribution in [1.29, 1.82) is 0 Å². The standard InChI is InChI=1S/C16H16N4O2/c1-10-7-11(17)3-4-13(10)19-16(21)14-9-18-15-8-12(22-2)5-6-20(14)15/h3-9H,17H2,1-2H3,(H,19,21). The SMILES string of the molecule is COc1ccn2c(C(=O)Nc3ccc(N)cc3C)cnc2c1. The molecule has 3 rings (SSSR count). The van der Waals surface area contributed by atoms with Gasteiger partial charge in [0, 0.05) is 23.6 Å². The van der Waals surface area contributed by atoms with E-state index in [1.807, 2.05) is 13.0 Å². The largest absolute Gasteiger partial charge is 0.497 e. The predicted octanol–water partition coefficient (Wildman–Crippen LogP) is 2.49. The van der Waals surface area contributed by atoms with E-state index in [1.54, 1.807) is 42.0 Å². The molecule has 2 heterocycles. The predicted molar refractivity (Wildman–Crippen MR) is 85.3 cm³/mol. The van der Waals surface area contributed by atoms with E-state index >= 15 is 0 Å². The van der Waals surface area contributed by atoms with Gasteiger partial charge in [0.2, 0.25) is 0 Å². The Morgan fingerprint density at radius 1 is 1.32 bits per heavy atom. The summed E-state index contributed by atoms with van der Waals surface area (Å²) in [5.74, 6) is 0.463. The van der Waals surface area contributed by atoms with Crippen molar-refractivity contribution in [2.24, 2.45) is 0 Å². The fraction of sp³-hybridized carbons (Fsp3) is 0.125. The Balaban J connectivity index is 1.92. The summed E-state index contributed by atoms with van der Waals surface area (Å²) < 4.78 is 6.86. The number of benzene rings is 1. The van der Waals surface area contributed by atoms with Gasteiger partial charge in [0.25, 0.3) is 5.91 Å². The number of nitrogen functional groups attached to an aromatic ring is 1. The van der Waals surface area contributed by atoms with E-state index < -0.39 is 0 Å². The number of methoxy groups -OCH3 is 1. The van der Waals surface area contributed by atoms with Gasteiger partial charge in [0.15, 0.2) is 0 Å². The highest BCUT2D eigenvalue weighted by Gasteiger charge is 2.13. The first-order chi connectivity index (χ1) is 10.6. The molecule has 0 fully saturated rings. The van der Waals surface area contributed by atoms with Crippen LogP contribution in [-0.4, -0.2) is 22.4 Å². The number of carbonyl (C=O) groups excluding carboxylic acids is 1. The minimum Gasteiger partial charge on any atom is -0.497 e. The molecular weight excluding hydrogens is 280 g/mol. The number of nitrogens with two attached hydrogens (primary N) is 1. The number of hydrogen-bond donors (Lipinski definition) is 2. The molecule has 6 heteroatoms. The molecule has 3 aromatic rings. The van der Waals surface area contributed by atoms with Crippen LogP contribution >= 0.6 is 0 Å². The third-order valence-corrected chi connectivity index (χ3v) is 3.45. The van der Waals surface area contributed by atoms with Gasteiger partial charge < -0.3 is 15.8 Å². The second-order valence-electron chi connectivity index (χ2n) is 4.97. The number of nitrogens with zero attached hydrogens (tertiary/aromatic N) is 2. The van der Waals surface area contributed by atoms with E-state index in [0.29, 0.717) is 22.8 Å². The molecule has 0 aliphatic carbocycles. The maximum Gasteiger partial charge on any atom is 0.274 e. The van der Waals surface area contributed by atoms with Crippen molar-refractivity contribution in [2.75, 3.05) is 18.2 Å². The van der Waals surface area contributed by atoms with E-state index in [-0.39, 0.29) is 5.91 Å². The molecule has 22 heavy (non-hydrogen) atoms. The highest BCUT2D eigenvalue weighted by Crippen LogP contribution is 2.20. The zero-order chi connectivity index (χ0) is 15.7. The number of imidazole rings is 1. The zero-order valence-electron chi connectivity index (χ0n) is 12.3. The van der Waals surface area contributed by atoms with E-state index in [1.165, 1.54) is 6.20 Å². The summed E-state index contributed by atoms with van der Waals surface area (Å²) in [6.45, 7) is 1.89. The van der Waals surface area contributed by atoms with Crippen molar-refractivity contribution in [3.05, 3.63) is 54.0 Å². The molecular formula is C16H16N4O2. The quantitative estimate of drug-likeness (QED) is 0.727. The van der Waals surface area contributed by atoms with E-state index in [2.05, 4.69) is 10.3 Å². The van der Waals surface area contributed by atoms with Gasteiger partial charge in [-0.2, -0.15) is 0 Å². The van der Waals surface area contributed by atoms with Crippen LogP contribution in [0.3, 0.4) is 0 Å². The summed E-state index contributed by atoms with van der Waals surface area (Å²) in [4.78, 5) is 16.7. The number of anilines is 2. The van der Waals surface area contributed by atoms with Crippen LogP contribution in [0.25, 0.3) is 5.65 Å². The second-order valence-corrected chi connectivity index (χ2v) is 4.97. The third-order valence-electron chi connectivity index (χ3n) is 3.45. The maximum absolute atomic E-state index is 12.4. The zero-order valence-corrected chi connectivity index (χ0v) is 12.3. The topological polar surface area (TPSA) is 81.7 Å². The highest BCUT2D eigenvalue weighted by molar-refractivity contribution is 6.04. The lowest BCUT2D eigenvalue weighted by Crippen LogP contribution is -2.15. The van der Waals surface area contributed by atoms with Gasteiger partial charge in [-0.1, -0.05) is 0 Å². The average Bonchev–Trinajstić information content (AvgIpc) is 2.93. The van der Waals surface area contributed by atoms with E-state index in [0.717, 1.165) is 11.3 Å². The Bertz CT molecular complexity index is 854. The average molecular weight is 296 g/mol. The van der Waals surface area contributed by atoms with Gasteiger partial charge in [0.05, 0.1) is 13.3 Å². The molecule has 0 atom stereocenters. The maximum atomic E-state index is 12.4. The van der Waals surface area contributed by atoms with Crippen LogP contribution < -0.4 is 15.8 Å². The normalized spacial score (nSPS) is 10.6. The van der Waals surface area contributed by atoms with Gasteiger partial charge in [-0.05, 0) is 36.8 Å². The first-order valence-corrected chi connectivity index (χ1v) is 6.77. The smallest absolute Gasteiger partial charge is 0.274 e. The van der Waals surface area contributed by atoms with Gasteiger partial charge in [0.1, 0.15) is 17.1 Å². The molecule has 6 nitrogen and oxygen atoms in total. The molecule has 0 saturated carbocycles. The Labute approximate surface area is 127 Å². The Morgan fingerprint density at radius 2 is 2.14 bits per heavy atom. The van der Waals surface area contributed by atoms with Crippen molar-refractivity contribution >= 4 is 22.9 Å². The Kier molecular flexibility index (Phi) is 3.42. The van der Waals surface area contributed by atoms with Crippen LogP contribution in [0, 0.1) is 6.92 Å². The van der Waals surface area contributed by atoms with E-state index in [9.17, 15) is 4.79 Å². The van der Waals surface area contributed by atoms with Crippen LogP contribution in [0.4, 0.5) is 11.4 Å². The van der Waals surface area contributed by atoms with Gasteiger partial charge in [-0.15, -0.1) is 0 Å². The van der Waals surface area contributed by atoms with Crippen molar-refractivity contribution in [3.63, 3.8) is 0 Å². The number of ether oxygens (including phenoxy) is 1. The third kappa shape index (κ3) is 2.46. The minimum atomic E-state index is -0.231. The minimum absolute atomic E-state index is 0.231. The number of aryl methyl sites for hydroxylation is 1. The van der Waals surface area contributed by atoms with Crippen LogP contribution in [-0.2, 0) is 0 Å². The Hall–Kier alpha value is -3.02. The summed E-state index contributed by atoms with van der Waals surface area (Å²) in [5, 5.41) is 2.87. The highest BCUT2D eigenvalue weighted by atomic mass is 16.5. The summed E-state index contributed by atoms with van der Waals surface area (Å²) in [5.41, 5.74) is 9.12. The fourth-order valence-corrected chi connectivity index (χ4v) is 2.27. The summed E-state index contributed by atoms with van der Waals surface area (Å²) in [6.07, 6.45) is 3.29. The molecule has 1 aromatic carbocycles. The molecule has 1 amide bonds. The fourth-order valence-electron chi connectivity index (χ4n) is 2.27. The molecule has 0 unspecified atom stereocenters. The lowest BCUT2D eigenvalue weighted by molar-refractivity contribution is 0.102. The number of nitrogens with one attached hydrogen (secondary N) is 1. The lowest BCUT2D eigenvalue weighted by Gasteiger charge is -2.09. The number of aromatic nitrogens is 2. The van der Waals surface area contributed by atoms with Crippen LogP contribution in [0.5, 0.6) is 5.75 Å². The summed E-state index contributed by atoms with van der Waals surface area (Å²) in [6, 6.07) is 8.90. The number of pyridine rings is 1. The lowest BCUT2D eigenvalue weighted by atomic mass is 10.2. The molecule has 0 saturated heterocycles.